The Labute approximate surface area is 202 Å². The maximum Gasteiger partial charge on any atom is 0.325 e. The number of amides is 2. The monoisotopic (exact) mass is 532 g/mol. The van der Waals surface area contributed by atoms with Crippen LogP contribution in [0.5, 0.6) is 0 Å². The summed E-state index contributed by atoms with van der Waals surface area (Å²) in [5.74, 6) is -0.722. The van der Waals surface area contributed by atoms with Crippen molar-refractivity contribution in [1.82, 2.24) is 9.47 Å². The second-order valence-corrected chi connectivity index (χ2v) is 9.35. The number of benzene rings is 2. The largest absolute Gasteiger partial charge is 0.465 e. The molecular weight excluding hydrogens is 516 g/mol. The maximum atomic E-state index is 13.0. The van der Waals surface area contributed by atoms with Crippen LogP contribution in [0.4, 0.5) is 4.79 Å². The molecule has 164 valence electrons. The minimum absolute atomic E-state index is 0.0494. The lowest BCUT2D eigenvalue weighted by Crippen LogP contribution is -2.27. The van der Waals surface area contributed by atoms with Crippen LogP contribution >= 0.6 is 39.3 Å². The number of rotatable bonds is 6. The molecule has 0 atom stereocenters. The number of carbonyl (C=O) groups excluding carboxylic acids is 3. The van der Waals surface area contributed by atoms with Crippen LogP contribution in [-0.4, -0.2) is 33.2 Å². The summed E-state index contributed by atoms with van der Waals surface area (Å²) in [6.45, 7) is 2.22. The summed E-state index contributed by atoms with van der Waals surface area (Å²) < 4.78 is 7.71. The molecule has 32 heavy (non-hydrogen) atoms. The third-order valence-corrected chi connectivity index (χ3v) is 6.69. The molecule has 0 spiro atoms. The maximum absolute atomic E-state index is 13.0. The van der Waals surface area contributed by atoms with Crippen molar-refractivity contribution in [2.24, 2.45) is 0 Å². The van der Waals surface area contributed by atoms with E-state index < -0.39 is 0 Å². The molecule has 4 rings (SSSR count). The molecule has 1 aliphatic rings. The smallest absolute Gasteiger partial charge is 0.325 e. The zero-order valence-electron chi connectivity index (χ0n) is 17.0. The van der Waals surface area contributed by atoms with Crippen molar-refractivity contribution in [3.8, 4) is 0 Å². The van der Waals surface area contributed by atoms with Crippen LogP contribution in [0.25, 0.3) is 17.0 Å². The van der Waals surface area contributed by atoms with Crippen LogP contribution in [0, 0.1) is 0 Å². The summed E-state index contributed by atoms with van der Waals surface area (Å²) in [6.07, 6.45) is 3.48. The zero-order valence-corrected chi connectivity index (χ0v) is 20.2. The second kappa shape index (κ2) is 9.52. The summed E-state index contributed by atoms with van der Waals surface area (Å²) >= 11 is 10.6. The SMILES string of the molecule is CCOC(=O)Cn1cc(/C=C2\SC(=O)N(Cc3ccccc3Cl)C2=O)c2cc(Br)ccc21. The standard InChI is InChI=1S/C23H18BrClN2O4S/c1-2-31-21(28)13-26-11-15(17-10-16(24)7-8-19(17)26)9-20-22(29)27(23(30)32-20)12-14-5-3-4-6-18(14)25/h3-11H,2,12-13H2,1H3/b20-9-. The van der Waals surface area contributed by atoms with E-state index in [1.165, 1.54) is 4.90 Å². The zero-order chi connectivity index (χ0) is 22.8. The molecule has 0 aliphatic carbocycles. The van der Waals surface area contributed by atoms with Gasteiger partial charge in [-0.3, -0.25) is 19.3 Å². The number of imide groups is 1. The normalized spacial score (nSPS) is 15.2. The molecule has 3 aromatic rings. The number of esters is 1. The summed E-state index contributed by atoms with van der Waals surface area (Å²) in [4.78, 5) is 39.1. The van der Waals surface area contributed by atoms with Crippen molar-refractivity contribution >= 4 is 73.4 Å². The van der Waals surface area contributed by atoms with Gasteiger partial charge in [0.1, 0.15) is 6.54 Å². The molecule has 1 aromatic heterocycles. The molecule has 0 bridgehead atoms. The molecule has 2 amide bonds. The quantitative estimate of drug-likeness (QED) is 0.293. The number of hydrogen-bond donors (Lipinski definition) is 0. The lowest BCUT2D eigenvalue weighted by atomic mass is 10.1. The lowest BCUT2D eigenvalue weighted by molar-refractivity contribution is -0.143. The van der Waals surface area contributed by atoms with E-state index in [0.29, 0.717) is 22.1 Å². The fourth-order valence-electron chi connectivity index (χ4n) is 3.46. The van der Waals surface area contributed by atoms with Crippen LogP contribution in [-0.2, 0) is 27.4 Å². The second-order valence-electron chi connectivity index (χ2n) is 7.04. The molecule has 0 unspecified atom stereocenters. The molecule has 0 radical (unpaired) electrons. The van der Waals surface area contributed by atoms with Crippen molar-refractivity contribution in [1.29, 1.82) is 0 Å². The van der Waals surface area contributed by atoms with Gasteiger partial charge in [-0.2, -0.15) is 0 Å². The van der Waals surface area contributed by atoms with Gasteiger partial charge in [0.05, 0.1) is 18.1 Å². The van der Waals surface area contributed by atoms with E-state index in [4.69, 9.17) is 16.3 Å². The number of aromatic nitrogens is 1. The van der Waals surface area contributed by atoms with Crippen LogP contribution in [0.3, 0.4) is 0 Å². The van der Waals surface area contributed by atoms with Gasteiger partial charge in [0, 0.05) is 32.2 Å². The number of ether oxygens (including phenoxy) is 1. The number of hydrogen-bond acceptors (Lipinski definition) is 5. The molecule has 0 N–H and O–H groups in total. The first-order valence-corrected chi connectivity index (χ1v) is 11.8. The molecule has 1 saturated heterocycles. The van der Waals surface area contributed by atoms with Crippen LogP contribution < -0.4 is 0 Å². The fraction of sp³-hybridized carbons (Fsp3) is 0.174. The Morgan fingerprint density at radius 3 is 2.75 bits per heavy atom. The van der Waals surface area contributed by atoms with Gasteiger partial charge < -0.3 is 9.30 Å². The van der Waals surface area contributed by atoms with Gasteiger partial charge in [-0.15, -0.1) is 0 Å². The van der Waals surface area contributed by atoms with E-state index in [9.17, 15) is 14.4 Å². The Bertz CT molecular complexity index is 1270. The highest BCUT2D eigenvalue weighted by Gasteiger charge is 2.35. The van der Waals surface area contributed by atoms with E-state index in [2.05, 4.69) is 15.9 Å². The summed E-state index contributed by atoms with van der Waals surface area (Å²) in [5, 5.41) is 1.00. The van der Waals surface area contributed by atoms with Crippen molar-refractivity contribution < 1.29 is 19.1 Å². The van der Waals surface area contributed by atoms with Crippen molar-refractivity contribution in [3.63, 3.8) is 0 Å². The lowest BCUT2D eigenvalue weighted by Gasteiger charge is -2.13. The Kier molecular flexibility index (Phi) is 6.74. The molecule has 2 aromatic carbocycles. The highest BCUT2D eigenvalue weighted by molar-refractivity contribution is 9.10. The number of thioether (sulfide) groups is 1. The first-order chi connectivity index (χ1) is 15.4. The third-order valence-electron chi connectivity index (χ3n) is 4.93. The fourth-order valence-corrected chi connectivity index (χ4v) is 4.85. The minimum Gasteiger partial charge on any atom is -0.465 e. The summed E-state index contributed by atoms with van der Waals surface area (Å²) in [6, 6.07) is 12.8. The average molecular weight is 534 g/mol. The van der Waals surface area contributed by atoms with Gasteiger partial charge in [-0.25, -0.2) is 0 Å². The van der Waals surface area contributed by atoms with Gasteiger partial charge in [0.15, 0.2) is 0 Å². The predicted octanol–water partition coefficient (Wildman–Crippen LogP) is 5.86. The van der Waals surface area contributed by atoms with Crippen LogP contribution in [0.2, 0.25) is 5.02 Å². The number of carbonyl (C=O) groups is 3. The van der Waals surface area contributed by atoms with Gasteiger partial charge in [0.2, 0.25) is 0 Å². The number of fused-ring (bicyclic) bond motifs is 1. The Hall–Kier alpha value is -2.55. The van der Waals surface area contributed by atoms with Crippen molar-refractivity contribution in [2.75, 3.05) is 6.61 Å². The highest BCUT2D eigenvalue weighted by Crippen LogP contribution is 2.36. The Balaban J connectivity index is 1.67. The molecule has 9 heteroatoms. The van der Waals surface area contributed by atoms with E-state index in [1.54, 1.807) is 42.0 Å². The molecule has 1 fully saturated rings. The highest BCUT2D eigenvalue weighted by atomic mass is 79.9. The van der Waals surface area contributed by atoms with Crippen molar-refractivity contribution in [3.05, 3.63) is 74.2 Å². The molecule has 2 heterocycles. The summed E-state index contributed by atoms with van der Waals surface area (Å²) in [7, 11) is 0. The van der Waals surface area contributed by atoms with Gasteiger partial charge in [-0.1, -0.05) is 45.7 Å². The van der Waals surface area contributed by atoms with E-state index in [-0.39, 0.29) is 30.2 Å². The Morgan fingerprint density at radius 2 is 2.00 bits per heavy atom. The van der Waals surface area contributed by atoms with Gasteiger partial charge >= 0.3 is 5.97 Å². The van der Waals surface area contributed by atoms with Gasteiger partial charge in [-0.05, 0) is 54.6 Å². The van der Waals surface area contributed by atoms with Gasteiger partial charge in [0.25, 0.3) is 11.1 Å². The predicted molar refractivity (Wildman–Crippen MR) is 129 cm³/mol. The van der Waals surface area contributed by atoms with Crippen LogP contribution in [0.15, 0.2) is 58.0 Å². The van der Waals surface area contributed by atoms with E-state index >= 15 is 0 Å². The van der Waals surface area contributed by atoms with Crippen LogP contribution in [0.1, 0.15) is 18.1 Å². The minimum atomic E-state index is -0.374. The third kappa shape index (κ3) is 4.62. The first kappa shape index (κ1) is 22.6. The number of nitrogens with zero attached hydrogens (tertiary/aromatic N) is 2. The topological polar surface area (TPSA) is 68.6 Å². The van der Waals surface area contributed by atoms with E-state index in [0.717, 1.165) is 32.7 Å². The van der Waals surface area contributed by atoms with Crippen molar-refractivity contribution in [2.45, 2.75) is 20.0 Å². The Morgan fingerprint density at radius 1 is 1.22 bits per heavy atom. The number of halogens is 2. The van der Waals surface area contributed by atoms with E-state index in [1.807, 2.05) is 24.3 Å². The molecule has 6 nitrogen and oxygen atoms in total. The molecule has 0 saturated carbocycles. The average Bonchev–Trinajstić information content (AvgIpc) is 3.21. The summed E-state index contributed by atoms with van der Waals surface area (Å²) in [5.41, 5.74) is 2.25. The molecule has 1 aliphatic heterocycles. The first-order valence-electron chi connectivity index (χ1n) is 9.80. The molecular formula is C23H18BrClN2O4S.